The van der Waals surface area contributed by atoms with Gasteiger partial charge in [-0.1, -0.05) is 83.3 Å². The van der Waals surface area contributed by atoms with E-state index in [1.807, 2.05) is 6.08 Å². The molecule has 0 aromatic carbocycles. The Morgan fingerprint density at radius 1 is 0.870 bits per heavy atom. The summed E-state index contributed by atoms with van der Waals surface area (Å²) in [4.78, 5) is 10.4. The summed E-state index contributed by atoms with van der Waals surface area (Å²) in [7, 11) is 0. The predicted molar refractivity (Wildman–Crippen MR) is 97.7 cm³/mol. The van der Waals surface area contributed by atoms with Crippen LogP contribution in [0.3, 0.4) is 0 Å². The van der Waals surface area contributed by atoms with Gasteiger partial charge in [0.2, 0.25) is 0 Å². The average molecular weight is 327 g/mol. The predicted octanol–water partition coefficient (Wildman–Crippen LogP) is 5.86. The standard InChI is InChI=1S/C20H38O3/c1-2-3-4-10-13-16-19(21)17-14-11-8-6-5-7-9-12-15-18-20(22)23/h14,17,19,21H,2-13,15-16,18H2,1H3,(H,22,23)/b17-14+. The van der Waals surface area contributed by atoms with Crippen LogP contribution in [0.25, 0.3) is 0 Å². The molecule has 0 rings (SSSR count). The van der Waals surface area contributed by atoms with Gasteiger partial charge in [0.15, 0.2) is 0 Å². The largest absolute Gasteiger partial charge is 0.481 e. The molecular formula is C20H38O3. The average Bonchev–Trinajstić information content (AvgIpc) is 2.52. The van der Waals surface area contributed by atoms with Gasteiger partial charge in [0.1, 0.15) is 0 Å². The van der Waals surface area contributed by atoms with Gasteiger partial charge >= 0.3 is 5.97 Å². The Balaban J connectivity index is 3.25. The molecule has 3 nitrogen and oxygen atoms in total. The van der Waals surface area contributed by atoms with Gasteiger partial charge in [-0.2, -0.15) is 0 Å². The smallest absolute Gasteiger partial charge is 0.303 e. The number of allylic oxidation sites excluding steroid dienone is 1. The maximum absolute atomic E-state index is 10.4. The molecular weight excluding hydrogens is 288 g/mol. The molecule has 1 atom stereocenters. The van der Waals surface area contributed by atoms with E-state index in [9.17, 15) is 9.90 Å². The number of aliphatic carboxylic acids is 1. The maximum Gasteiger partial charge on any atom is 0.303 e. The molecule has 1 unspecified atom stereocenters. The van der Waals surface area contributed by atoms with Gasteiger partial charge in [0.05, 0.1) is 6.10 Å². The van der Waals surface area contributed by atoms with Gasteiger partial charge < -0.3 is 10.2 Å². The van der Waals surface area contributed by atoms with Gasteiger partial charge in [-0.25, -0.2) is 0 Å². The highest BCUT2D eigenvalue weighted by Gasteiger charge is 1.99. The van der Waals surface area contributed by atoms with Crippen molar-refractivity contribution in [2.75, 3.05) is 0 Å². The second-order valence-corrected chi connectivity index (χ2v) is 6.61. The Labute approximate surface area is 143 Å². The monoisotopic (exact) mass is 326 g/mol. The van der Waals surface area contributed by atoms with E-state index >= 15 is 0 Å². The van der Waals surface area contributed by atoms with E-state index in [-0.39, 0.29) is 6.10 Å². The topological polar surface area (TPSA) is 57.5 Å². The summed E-state index contributed by atoms with van der Waals surface area (Å²) in [5.74, 6) is -0.681. The Hall–Kier alpha value is -0.830. The molecule has 0 aliphatic rings. The number of carboxylic acid groups (broad SMARTS) is 1. The Kier molecular flexibility index (Phi) is 16.9. The zero-order valence-electron chi connectivity index (χ0n) is 15.1. The number of unbranched alkanes of at least 4 members (excludes halogenated alkanes) is 11. The summed E-state index contributed by atoms with van der Waals surface area (Å²) in [5, 5.41) is 18.4. The quantitative estimate of drug-likeness (QED) is 0.260. The van der Waals surface area contributed by atoms with Crippen molar-refractivity contribution in [2.45, 2.75) is 109 Å². The van der Waals surface area contributed by atoms with Crippen molar-refractivity contribution in [2.24, 2.45) is 0 Å². The van der Waals surface area contributed by atoms with Crippen LogP contribution in [0.15, 0.2) is 12.2 Å². The lowest BCUT2D eigenvalue weighted by Gasteiger charge is -2.05. The van der Waals surface area contributed by atoms with E-state index in [1.54, 1.807) is 0 Å². The summed E-state index contributed by atoms with van der Waals surface area (Å²) in [6.45, 7) is 2.22. The molecule has 0 amide bonds. The first-order valence-corrected chi connectivity index (χ1v) is 9.73. The number of carbonyl (C=O) groups is 1. The van der Waals surface area contributed by atoms with Crippen LogP contribution in [0.1, 0.15) is 103 Å². The number of hydrogen-bond acceptors (Lipinski definition) is 2. The van der Waals surface area contributed by atoms with E-state index in [0.717, 1.165) is 38.5 Å². The molecule has 0 saturated heterocycles. The van der Waals surface area contributed by atoms with E-state index in [2.05, 4.69) is 13.0 Å². The fraction of sp³-hybridized carbons (Fsp3) is 0.850. The molecule has 3 heteroatoms. The molecule has 0 aliphatic carbocycles. The second-order valence-electron chi connectivity index (χ2n) is 6.61. The highest BCUT2D eigenvalue weighted by Crippen LogP contribution is 2.11. The third-order valence-electron chi connectivity index (χ3n) is 4.22. The van der Waals surface area contributed by atoms with Crippen LogP contribution in [-0.4, -0.2) is 22.3 Å². The van der Waals surface area contributed by atoms with E-state index in [1.165, 1.54) is 51.4 Å². The van der Waals surface area contributed by atoms with Crippen molar-refractivity contribution in [3.05, 3.63) is 12.2 Å². The first-order chi connectivity index (χ1) is 11.2. The summed E-state index contributed by atoms with van der Waals surface area (Å²) in [6.07, 6.45) is 20.2. The Morgan fingerprint density at radius 2 is 1.43 bits per heavy atom. The van der Waals surface area contributed by atoms with Crippen LogP contribution >= 0.6 is 0 Å². The molecule has 0 aliphatic heterocycles. The third-order valence-corrected chi connectivity index (χ3v) is 4.22. The first kappa shape index (κ1) is 22.2. The number of aliphatic hydroxyl groups excluding tert-OH is 1. The summed E-state index contributed by atoms with van der Waals surface area (Å²) >= 11 is 0. The first-order valence-electron chi connectivity index (χ1n) is 9.73. The van der Waals surface area contributed by atoms with Crippen molar-refractivity contribution < 1.29 is 15.0 Å². The lowest BCUT2D eigenvalue weighted by molar-refractivity contribution is -0.137. The van der Waals surface area contributed by atoms with Gasteiger partial charge in [-0.05, 0) is 25.7 Å². The van der Waals surface area contributed by atoms with Crippen LogP contribution in [0, 0.1) is 0 Å². The molecule has 0 spiro atoms. The van der Waals surface area contributed by atoms with Gasteiger partial charge in [-0.15, -0.1) is 0 Å². The highest BCUT2D eigenvalue weighted by molar-refractivity contribution is 5.66. The van der Waals surface area contributed by atoms with E-state index in [4.69, 9.17) is 5.11 Å². The van der Waals surface area contributed by atoms with Crippen LogP contribution in [0.5, 0.6) is 0 Å². The molecule has 0 saturated carbocycles. The van der Waals surface area contributed by atoms with Crippen molar-refractivity contribution in [3.8, 4) is 0 Å². The van der Waals surface area contributed by atoms with Gasteiger partial charge in [0, 0.05) is 6.42 Å². The lowest BCUT2D eigenvalue weighted by atomic mass is 10.1. The Morgan fingerprint density at radius 3 is 2.09 bits per heavy atom. The van der Waals surface area contributed by atoms with Gasteiger partial charge in [0.25, 0.3) is 0 Å². The fourth-order valence-electron chi connectivity index (χ4n) is 2.73. The van der Waals surface area contributed by atoms with Crippen molar-refractivity contribution in [3.63, 3.8) is 0 Å². The van der Waals surface area contributed by atoms with E-state index in [0.29, 0.717) is 6.42 Å². The molecule has 0 aromatic rings. The minimum atomic E-state index is -0.681. The zero-order chi connectivity index (χ0) is 17.2. The van der Waals surface area contributed by atoms with Crippen LogP contribution in [-0.2, 0) is 4.79 Å². The van der Waals surface area contributed by atoms with Crippen LogP contribution in [0.4, 0.5) is 0 Å². The number of aliphatic hydroxyl groups is 1. The van der Waals surface area contributed by atoms with Crippen molar-refractivity contribution >= 4 is 5.97 Å². The third kappa shape index (κ3) is 19.1. The lowest BCUT2D eigenvalue weighted by Crippen LogP contribution is -2.01. The van der Waals surface area contributed by atoms with E-state index < -0.39 is 5.97 Å². The molecule has 0 fully saturated rings. The number of carboxylic acids is 1. The minimum absolute atomic E-state index is 0.258. The molecule has 0 aromatic heterocycles. The van der Waals surface area contributed by atoms with Crippen LogP contribution in [0.2, 0.25) is 0 Å². The minimum Gasteiger partial charge on any atom is -0.481 e. The van der Waals surface area contributed by atoms with Crippen molar-refractivity contribution in [1.29, 1.82) is 0 Å². The molecule has 0 bridgehead atoms. The summed E-state index contributed by atoms with van der Waals surface area (Å²) in [5.41, 5.74) is 0. The zero-order valence-corrected chi connectivity index (χ0v) is 15.1. The summed E-state index contributed by atoms with van der Waals surface area (Å²) < 4.78 is 0. The molecule has 136 valence electrons. The number of rotatable bonds is 17. The molecule has 23 heavy (non-hydrogen) atoms. The van der Waals surface area contributed by atoms with Crippen molar-refractivity contribution in [1.82, 2.24) is 0 Å². The second kappa shape index (κ2) is 17.5. The van der Waals surface area contributed by atoms with Crippen LogP contribution < -0.4 is 0 Å². The normalized spacial score (nSPS) is 12.8. The molecule has 0 heterocycles. The fourth-order valence-corrected chi connectivity index (χ4v) is 2.73. The summed E-state index contributed by atoms with van der Waals surface area (Å²) in [6, 6.07) is 0. The molecule has 0 radical (unpaired) electrons. The maximum atomic E-state index is 10.4. The highest BCUT2D eigenvalue weighted by atomic mass is 16.4. The van der Waals surface area contributed by atoms with Gasteiger partial charge in [-0.3, -0.25) is 4.79 Å². The molecule has 2 N–H and O–H groups in total. The SMILES string of the molecule is CCCCCCCC(O)/C=C/CCCCCCCCCC(=O)O. The Bertz CT molecular complexity index is 287. The number of hydrogen-bond donors (Lipinski definition) is 2.